The van der Waals surface area contributed by atoms with Crippen LogP contribution in [0.25, 0.3) is 0 Å². The van der Waals surface area contributed by atoms with Crippen LogP contribution in [0, 0.1) is 0 Å². The molecule has 0 saturated heterocycles. The topological polar surface area (TPSA) is 50.3 Å². The van der Waals surface area contributed by atoms with Gasteiger partial charge in [-0.25, -0.2) is 0 Å². The van der Waals surface area contributed by atoms with E-state index < -0.39 is 0 Å². The van der Waals surface area contributed by atoms with Gasteiger partial charge < -0.3 is 15.0 Å². The first-order valence-corrected chi connectivity index (χ1v) is 9.22. The van der Waals surface area contributed by atoms with E-state index in [0.29, 0.717) is 24.8 Å². The molecular formula is C21H22N4OS. The van der Waals surface area contributed by atoms with Crippen LogP contribution in [0.4, 0.5) is 5.69 Å². The molecule has 0 amide bonds. The van der Waals surface area contributed by atoms with E-state index in [1.165, 1.54) is 0 Å². The Labute approximate surface area is 165 Å². The largest absolute Gasteiger partial charge is 0.492 e. The van der Waals surface area contributed by atoms with Crippen molar-refractivity contribution in [2.24, 2.45) is 0 Å². The van der Waals surface area contributed by atoms with Crippen molar-refractivity contribution in [2.75, 3.05) is 11.9 Å². The Morgan fingerprint density at radius 2 is 1.59 bits per heavy atom. The fraction of sp³-hybridized carbons (Fsp3) is 0.190. The van der Waals surface area contributed by atoms with Crippen LogP contribution in [0.5, 0.6) is 5.75 Å². The molecule has 0 bridgehead atoms. The second kappa shape index (κ2) is 9.64. The Hall–Kier alpha value is -2.99. The summed E-state index contributed by atoms with van der Waals surface area (Å²) in [6, 6.07) is 15.7. The Morgan fingerprint density at radius 3 is 2.15 bits per heavy atom. The highest BCUT2D eigenvalue weighted by Crippen LogP contribution is 2.24. The Kier molecular flexibility index (Phi) is 6.71. The molecular weight excluding hydrogens is 356 g/mol. The number of benzene rings is 1. The first kappa shape index (κ1) is 18.8. The van der Waals surface area contributed by atoms with E-state index in [0.717, 1.165) is 22.6 Å². The van der Waals surface area contributed by atoms with Gasteiger partial charge in [0.2, 0.25) is 0 Å². The van der Waals surface area contributed by atoms with E-state index in [1.54, 1.807) is 12.4 Å². The van der Waals surface area contributed by atoms with Gasteiger partial charge in [-0.1, -0.05) is 24.3 Å². The standard InChI is InChI=1S/C21H22N4OS/c1-2-26-20-10-4-3-9-19(20)24-21(27)25(15-17-7-5-11-22-13-17)16-18-8-6-12-23-14-18/h3-14H,2,15-16H2,1H3,(H,24,27). The number of pyridine rings is 2. The van der Waals surface area contributed by atoms with Crippen LogP contribution in [0.3, 0.4) is 0 Å². The monoisotopic (exact) mass is 378 g/mol. The lowest BCUT2D eigenvalue weighted by molar-refractivity contribution is 0.342. The molecule has 138 valence electrons. The molecule has 3 rings (SSSR count). The summed E-state index contributed by atoms with van der Waals surface area (Å²) in [5.74, 6) is 0.782. The van der Waals surface area contributed by atoms with Crippen LogP contribution in [-0.2, 0) is 13.1 Å². The van der Waals surface area contributed by atoms with Crippen LogP contribution in [-0.4, -0.2) is 26.6 Å². The van der Waals surface area contributed by atoms with Gasteiger partial charge in [-0.2, -0.15) is 0 Å². The quantitative estimate of drug-likeness (QED) is 0.620. The Bertz CT molecular complexity index is 817. The van der Waals surface area contributed by atoms with Crippen LogP contribution in [0.15, 0.2) is 73.3 Å². The maximum atomic E-state index is 5.72. The summed E-state index contributed by atoms with van der Waals surface area (Å²) in [7, 11) is 0. The molecule has 27 heavy (non-hydrogen) atoms. The van der Waals surface area contributed by atoms with Crippen molar-refractivity contribution in [1.82, 2.24) is 14.9 Å². The number of hydrogen-bond acceptors (Lipinski definition) is 4. The van der Waals surface area contributed by atoms with Crippen molar-refractivity contribution >= 4 is 23.0 Å². The summed E-state index contributed by atoms with van der Waals surface area (Å²) in [6.45, 7) is 3.85. The third-order valence-electron chi connectivity index (χ3n) is 3.91. The summed E-state index contributed by atoms with van der Waals surface area (Å²) >= 11 is 5.72. The van der Waals surface area contributed by atoms with E-state index in [-0.39, 0.29) is 0 Å². The van der Waals surface area contributed by atoms with Gasteiger partial charge in [0.15, 0.2) is 5.11 Å². The van der Waals surface area contributed by atoms with E-state index in [4.69, 9.17) is 17.0 Å². The summed E-state index contributed by atoms with van der Waals surface area (Å²) in [5.41, 5.74) is 3.03. The highest BCUT2D eigenvalue weighted by molar-refractivity contribution is 7.80. The number of hydrogen-bond donors (Lipinski definition) is 1. The zero-order valence-electron chi connectivity index (χ0n) is 15.2. The number of nitrogens with one attached hydrogen (secondary N) is 1. The maximum absolute atomic E-state index is 5.72. The van der Waals surface area contributed by atoms with Gasteiger partial charge in [0, 0.05) is 37.9 Å². The summed E-state index contributed by atoms with van der Waals surface area (Å²) in [5, 5.41) is 3.95. The number of rotatable bonds is 7. The Balaban J connectivity index is 1.80. The van der Waals surface area contributed by atoms with Crippen LogP contribution >= 0.6 is 12.2 Å². The molecule has 5 nitrogen and oxygen atoms in total. The number of aromatic nitrogens is 2. The zero-order chi connectivity index (χ0) is 18.9. The predicted octanol–water partition coefficient (Wildman–Crippen LogP) is 4.27. The smallest absolute Gasteiger partial charge is 0.174 e. The molecule has 2 aromatic heterocycles. The zero-order valence-corrected chi connectivity index (χ0v) is 16.0. The van der Waals surface area contributed by atoms with Crippen molar-refractivity contribution < 1.29 is 4.74 Å². The summed E-state index contributed by atoms with van der Waals surface area (Å²) in [6.07, 6.45) is 7.24. The van der Waals surface area contributed by atoms with Gasteiger partial charge in [0.05, 0.1) is 12.3 Å². The molecule has 1 aromatic carbocycles. The van der Waals surface area contributed by atoms with Crippen molar-refractivity contribution in [3.63, 3.8) is 0 Å². The predicted molar refractivity (Wildman–Crippen MR) is 112 cm³/mol. The van der Waals surface area contributed by atoms with E-state index in [1.807, 2.05) is 67.8 Å². The molecule has 0 saturated carbocycles. The molecule has 0 fully saturated rings. The van der Waals surface area contributed by atoms with Gasteiger partial charge in [-0.15, -0.1) is 0 Å². The molecule has 3 aromatic rings. The summed E-state index contributed by atoms with van der Waals surface area (Å²) in [4.78, 5) is 10.5. The average Bonchev–Trinajstić information content (AvgIpc) is 2.71. The molecule has 0 aliphatic heterocycles. The molecule has 6 heteroatoms. The minimum atomic E-state index is 0.598. The van der Waals surface area contributed by atoms with Gasteiger partial charge >= 0.3 is 0 Å². The lowest BCUT2D eigenvalue weighted by atomic mass is 10.2. The van der Waals surface area contributed by atoms with Gasteiger partial charge in [0.1, 0.15) is 5.75 Å². The first-order chi connectivity index (χ1) is 13.3. The third kappa shape index (κ3) is 5.49. The third-order valence-corrected chi connectivity index (χ3v) is 4.27. The number of anilines is 1. The van der Waals surface area contributed by atoms with Crippen molar-refractivity contribution in [2.45, 2.75) is 20.0 Å². The first-order valence-electron chi connectivity index (χ1n) is 8.82. The molecule has 0 aliphatic rings. The SMILES string of the molecule is CCOc1ccccc1NC(=S)N(Cc1cccnc1)Cc1cccnc1. The second-order valence-electron chi connectivity index (χ2n) is 5.94. The van der Waals surface area contributed by atoms with Gasteiger partial charge in [0.25, 0.3) is 0 Å². The van der Waals surface area contributed by atoms with Crippen molar-refractivity contribution in [3.8, 4) is 5.75 Å². The number of nitrogens with zero attached hydrogens (tertiary/aromatic N) is 3. The lowest BCUT2D eigenvalue weighted by Crippen LogP contribution is -2.34. The molecule has 1 N–H and O–H groups in total. The minimum absolute atomic E-state index is 0.598. The second-order valence-corrected chi connectivity index (χ2v) is 6.32. The van der Waals surface area contributed by atoms with E-state index >= 15 is 0 Å². The van der Waals surface area contributed by atoms with Crippen LogP contribution in [0.2, 0.25) is 0 Å². The lowest BCUT2D eigenvalue weighted by Gasteiger charge is -2.26. The highest BCUT2D eigenvalue weighted by atomic mass is 32.1. The van der Waals surface area contributed by atoms with E-state index in [9.17, 15) is 0 Å². The fourth-order valence-corrected chi connectivity index (χ4v) is 2.91. The number of ether oxygens (including phenoxy) is 1. The van der Waals surface area contributed by atoms with Crippen LogP contribution < -0.4 is 10.1 Å². The van der Waals surface area contributed by atoms with Crippen molar-refractivity contribution in [1.29, 1.82) is 0 Å². The minimum Gasteiger partial charge on any atom is -0.492 e. The number of thiocarbonyl (C=S) groups is 1. The average molecular weight is 379 g/mol. The molecule has 2 heterocycles. The van der Waals surface area contributed by atoms with Crippen molar-refractivity contribution in [3.05, 3.63) is 84.4 Å². The normalized spacial score (nSPS) is 10.3. The molecule has 0 atom stereocenters. The fourth-order valence-electron chi connectivity index (χ4n) is 2.67. The van der Waals surface area contributed by atoms with Gasteiger partial charge in [-0.3, -0.25) is 9.97 Å². The van der Waals surface area contributed by atoms with Crippen LogP contribution in [0.1, 0.15) is 18.1 Å². The molecule has 0 unspecified atom stereocenters. The molecule has 0 radical (unpaired) electrons. The maximum Gasteiger partial charge on any atom is 0.174 e. The Morgan fingerprint density at radius 1 is 0.963 bits per heavy atom. The molecule has 0 aliphatic carbocycles. The summed E-state index contributed by atoms with van der Waals surface area (Å²) < 4.78 is 5.69. The van der Waals surface area contributed by atoms with Gasteiger partial charge in [-0.05, 0) is 54.5 Å². The number of para-hydroxylation sites is 2. The highest BCUT2D eigenvalue weighted by Gasteiger charge is 2.14. The molecule has 0 spiro atoms. The van der Waals surface area contributed by atoms with E-state index in [2.05, 4.69) is 20.2 Å².